The van der Waals surface area contributed by atoms with Gasteiger partial charge in [0, 0.05) is 39.1 Å². The number of carbonyl (C=O) groups is 1. The average Bonchev–Trinajstić information content (AvgIpc) is 2.54. The Morgan fingerprint density at radius 3 is 2.68 bits per heavy atom. The molecule has 2 heterocycles. The van der Waals surface area contributed by atoms with E-state index in [-0.39, 0.29) is 11.3 Å². The van der Waals surface area contributed by atoms with Gasteiger partial charge in [0.25, 0.3) is 0 Å². The zero-order valence-corrected chi connectivity index (χ0v) is 12.7. The highest BCUT2D eigenvalue weighted by Crippen LogP contribution is 2.30. The van der Waals surface area contributed by atoms with Crippen molar-refractivity contribution in [3.63, 3.8) is 0 Å². The van der Waals surface area contributed by atoms with Gasteiger partial charge in [-0.2, -0.15) is 0 Å². The van der Waals surface area contributed by atoms with Crippen LogP contribution in [0, 0.1) is 16.0 Å². The summed E-state index contributed by atoms with van der Waals surface area (Å²) in [5.41, 5.74) is -0.0969. The van der Waals surface area contributed by atoms with Crippen molar-refractivity contribution in [1.82, 2.24) is 4.98 Å². The third-order valence-electron chi connectivity index (χ3n) is 3.78. The molecule has 0 spiro atoms. The van der Waals surface area contributed by atoms with Gasteiger partial charge in [0.2, 0.25) is 5.82 Å². The van der Waals surface area contributed by atoms with Crippen LogP contribution in [0.4, 0.5) is 11.5 Å². The molecule has 1 aliphatic heterocycles. The maximum Gasteiger partial charge on any atom is 0.339 e. The quantitative estimate of drug-likeness (QED) is 0.463. The molecule has 8 heteroatoms. The highest BCUT2D eigenvalue weighted by Gasteiger charge is 2.27. The van der Waals surface area contributed by atoms with Crippen molar-refractivity contribution in [2.75, 3.05) is 38.8 Å². The molecule has 1 aromatic heterocycles. The van der Waals surface area contributed by atoms with Crippen molar-refractivity contribution in [2.24, 2.45) is 5.92 Å². The Hall–Kier alpha value is -2.22. The lowest BCUT2D eigenvalue weighted by Crippen LogP contribution is -2.36. The number of hydrogen-bond donors (Lipinski definition) is 0. The van der Waals surface area contributed by atoms with Crippen molar-refractivity contribution in [2.45, 2.75) is 12.8 Å². The zero-order valence-electron chi connectivity index (χ0n) is 12.7. The number of esters is 1. The second-order valence-electron chi connectivity index (χ2n) is 5.20. The third-order valence-corrected chi connectivity index (χ3v) is 3.78. The lowest BCUT2D eigenvalue weighted by molar-refractivity contribution is -0.384. The minimum absolute atomic E-state index is 0.0761. The molecule has 22 heavy (non-hydrogen) atoms. The molecule has 0 amide bonds. The van der Waals surface area contributed by atoms with E-state index >= 15 is 0 Å². The van der Waals surface area contributed by atoms with Gasteiger partial charge in [-0.05, 0) is 18.8 Å². The molecule has 0 radical (unpaired) electrons. The van der Waals surface area contributed by atoms with Crippen molar-refractivity contribution >= 4 is 17.5 Å². The lowest BCUT2D eigenvalue weighted by atomic mass is 9.98. The molecule has 0 unspecified atom stereocenters. The Kier molecular flexibility index (Phi) is 5.26. The number of rotatable bonds is 5. The van der Waals surface area contributed by atoms with E-state index in [0.717, 1.165) is 12.8 Å². The van der Waals surface area contributed by atoms with E-state index in [4.69, 9.17) is 4.74 Å². The second kappa shape index (κ2) is 7.17. The van der Waals surface area contributed by atoms with Crippen LogP contribution in [-0.4, -0.2) is 49.8 Å². The van der Waals surface area contributed by atoms with Crippen molar-refractivity contribution in [3.05, 3.63) is 27.9 Å². The number of ether oxygens (including phenoxy) is 2. The number of hydrogen-bond acceptors (Lipinski definition) is 7. The molecule has 1 aliphatic rings. The number of nitrogens with zero attached hydrogens (tertiary/aromatic N) is 3. The van der Waals surface area contributed by atoms with Crippen LogP contribution < -0.4 is 4.90 Å². The van der Waals surface area contributed by atoms with E-state index in [9.17, 15) is 14.9 Å². The number of nitro groups is 1. The molecule has 1 aromatic rings. The van der Waals surface area contributed by atoms with Crippen LogP contribution >= 0.6 is 0 Å². The first kappa shape index (κ1) is 16.2. The number of carbonyl (C=O) groups excluding carboxylic acids is 1. The van der Waals surface area contributed by atoms with E-state index in [1.165, 1.54) is 19.4 Å². The van der Waals surface area contributed by atoms with Gasteiger partial charge in [-0.3, -0.25) is 10.1 Å². The molecular formula is C14H19N3O5. The van der Waals surface area contributed by atoms with Gasteiger partial charge in [0.1, 0.15) is 0 Å². The van der Waals surface area contributed by atoms with Crippen molar-refractivity contribution < 1.29 is 19.2 Å². The highest BCUT2D eigenvalue weighted by molar-refractivity contribution is 5.90. The molecule has 1 fully saturated rings. The topological polar surface area (TPSA) is 94.8 Å². The zero-order chi connectivity index (χ0) is 16.1. The first-order chi connectivity index (χ1) is 10.6. The largest absolute Gasteiger partial charge is 0.465 e. The Labute approximate surface area is 128 Å². The fourth-order valence-electron chi connectivity index (χ4n) is 2.60. The minimum atomic E-state index is -0.638. The van der Waals surface area contributed by atoms with Crippen molar-refractivity contribution in [3.8, 4) is 0 Å². The van der Waals surface area contributed by atoms with Crippen molar-refractivity contribution in [1.29, 1.82) is 0 Å². The number of piperidine rings is 1. The first-order valence-electron chi connectivity index (χ1n) is 7.03. The smallest absolute Gasteiger partial charge is 0.339 e. The molecule has 120 valence electrons. The maximum absolute atomic E-state index is 11.5. The van der Waals surface area contributed by atoms with Crippen LogP contribution in [0.2, 0.25) is 0 Å². The Morgan fingerprint density at radius 1 is 1.45 bits per heavy atom. The summed E-state index contributed by atoms with van der Waals surface area (Å²) in [6.07, 6.45) is 3.10. The predicted octanol–water partition coefficient (Wildman–Crippen LogP) is 1.64. The molecule has 8 nitrogen and oxygen atoms in total. The van der Waals surface area contributed by atoms with Gasteiger partial charge < -0.3 is 14.4 Å². The number of aromatic nitrogens is 1. The Balaban J connectivity index is 2.20. The number of anilines is 1. The van der Waals surface area contributed by atoms with Gasteiger partial charge in [0.05, 0.1) is 17.6 Å². The van der Waals surface area contributed by atoms with Gasteiger partial charge in [-0.1, -0.05) is 0 Å². The summed E-state index contributed by atoms with van der Waals surface area (Å²) in [6, 6.07) is 1.22. The monoisotopic (exact) mass is 309 g/mol. The average molecular weight is 309 g/mol. The van der Waals surface area contributed by atoms with Crippen LogP contribution in [0.15, 0.2) is 12.3 Å². The highest BCUT2D eigenvalue weighted by atomic mass is 16.6. The van der Waals surface area contributed by atoms with E-state index in [0.29, 0.717) is 31.4 Å². The van der Waals surface area contributed by atoms with Gasteiger partial charge >= 0.3 is 11.7 Å². The molecule has 1 saturated heterocycles. The maximum atomic E-state index is 11.5. The summed E-state index contributed by atoms with van der Waals surface area (Å²) in [6.45, 7) is 2.06. The van der Waals surface area contributed by atoms with E-state index in [1.54, 1.807) is 7.11 Å². The summed E-state index contributed by atoms with van der Waals surface area (Å²) >= 11 is 0. The van der Waals surface area contributed by atoms with Crippen LogP contribution in [0.5, 0.6) is 0 Å². The van der Waals surface area contributed by atoms with E-state index in [1.807, 2.05) is 4.90 Å². The second-order valence-corrected chi connectivity index (χ2v) is 5.20. The van der Waals surface area contributed by atoms with E-state index < -0.39 is 10.9 Å². The van der Waals surface area contributed by atoms with Crippen LogP contribution in [0.25, 0.3) is 0 Å². The number of pyridine rings is 1. The molecule has 2 rings (SSSR count). The standard InChI is InChI=1S/C14H19N3O5/c1-21-9-10-3-5-16(6-4-10)13-12(17(19)20)7-11(8-15-13)14(18)22-2/h7-8,10H,3-6,9H2,1-2H3. The summed E-state index contributed by atoms with van der Waals surface area (Å²) in [4.78, 5) is 28.2. The van der Waals surface area contributed by atoms with Gasteiger partial charge in [-0.25, -0.2) is 9.78 Å². The first-order valence-corrected chi connectivity index (χ1v) is 7.03. The lowest BCUT2D eigenvalue weighted by Gasteiger charge is -2.32. The predicted molar refractivity (Wildman–Crippen MR) is 79.0 cm³/mol. The molecule has 0 aromatic carbocycles. The van der Waals surface area contributed by atoms with Crippen LogP contribution in [0.3, 0.4) is 0 Å². The SMILES string of the molecule is COCC1CCN(c2ncc(C(=O)OC)cc2[N+](=O)[O-])CC1. The summed E-state index contributed by atoms with van der Waals surface area (Å²) < 4.78 is 9.71. The fourth-order valence-corrected chi connectivity index (χ4v) is 2.60. The molecular weight excluding hydrogens is 290 g/mol. The number of methoxy groups -OCH3 is 2. The minimum Gasteiger partial charge on any atom is -0.465 e. The Morgan fingerprint density at radius 2 is 2.14 bits per heavy atom. The molecule has 0 N–H and O–H groups in total. The van der Waals surface area contributed by atoms with Crippen LogP contribution in [-0.2, 0) is 9.47 Å². The van der Waals surface area contributed by atoms with E-state index in [2.05, 4.69) is 9.72 Å². The van der Waals surface area contributed by atoms with Gasteiger partial charge in [-0.15, -0.1) is 0 Å². The summed E-state index contributed by atoms with van der Waals surface area (Å²) in [5, 5.41) is 11.3. The molecule has 0 aliphatic carbocycles. The van der Waals surface area contributed by atoms with Gasteiger partial charge in [0.15, 0.2) is 0 Å². The normalized spacial score (nSPS) is 15.6. The molecule has 0 saturated carbocycles. The molecule has 0 bridgehead atoms. The Bertz CT molecular complexity index is 555. The molecule has 0 atom stereocenters. The van der Waals surface area contributed by atoms with Crippen LogP contribution in [0.1, 0.15) is 23.2 Å². The fraction of sp³-hybridized carbons (Fsp3) is 0.571. The third kappa shape index (κ3) is 3.51. The summed E-state index contributed by atoms with van der Waals surface area (Å²) in [7, 11) is 2.90. The summed E-state index contributed by atoms with van der Waals surface area (Å²) in [5.74, 6) is 0.129.